The van der Waals surface area contributed by atoms with Crippen LogP contribution in [-0.4, -0.2) is 36.7 Å². The van der Waals surface area contributed by atoms with Crippen LogP contribution in [0.1, 0.15) is 24.1 Å². The number of carbonyl (C=O) groups is 1. The third-order valence-corrected chi connectivity index (χ3v) is 7.20. The SMILES string of the molecule is O=C(Nc1cccc(OCc2ccccn2)c1)C1CCN(S(=O)(=O)/C=C/c2ccccc2)CC1. The van der Waals surface area contributed by atoms with Crippen molar-refractivity contribution in [2.75, 3.05) is 18.4 Å². The summed E-state index contributed by atoms with van der Waals surface area (Å²) in [6.07, 6.45) is 4.25. The molecule has 0 saturated carbocycles. The van der Waals surface area contributed by atoms with Crippen LogP contribution in [0, 0.1) is 5.92 Å². The fourth-order valence-electron chi connectivity index (χ4n) is 3.74. The lowest BCUT2D eigenvalue weighted by Gasteiger charge is -2.29. The van der Waals surface area contributed by atoms with Crippen LogP contribution in [0.25, 0.3) is 6.08 Å². The van der Waals surface area contributed by atoms with Crippen molar-refractivity contribution in [3.8, 4) is 5.75 Å². The molecule has 1 aliphatic rings. The third-order valence-electron chi connectivity index (χ3n) is 5.63. The van der Waals surface area contributed by atoms with Crippen molar-refractivity contribution in [3.05, 3.63) is 95.7 Å². The number of piperidine rings is 1. The number of nitrogens with one attached hydrogen (secondary N) is 1. The average Bonchev–Trinajstić information content (AvgIpc) is 2.88. The first-order valence-electron chi connectivity index (χ1n) is 11.2. The number of ether oxygens (including phenoxy) is 1. The molecule has 2 aromatic carbocycles. The maximum absolute atomic E-state index is 12.8. The van der Waals surface area contributed by atoms with Crippen LogP contribution in [0.15, 0.2) is 84.4 Å². The second kappa shape index (κ2) is 11.1. The Morgan fingerprint density at radius 2 is 1.79 bits per heavy atom. The van der Waals surface area contributed by atoms with Crippen molar-refractivity contribution < 1.29 is 17.9 Å². The van der Waals surface area contributed by atoms with Gasteiger partial charge in [-0.1, -0.05) is 42.5 Å². The third kappa shape index (κ3) is 6.52. The van der Waals surface area contributed by atoms with E-state index in [1.807, 2.05) is 60.7 Å². The molecule has 1 aliphatic heterocycles. The Kier molecular flexibility index (Phi) is 7.72. The molecule has 1 aromatic heterocycles. The first-order chi connectivity index (χ1) is 16.5. The molecule has 0 bridgehead atoms. The van der Waals surface area contributed by atoms with Crippen molar-refractivity contribution in [3.63, 3.8) is 0 Å². The number of anilines is 1. The molecule has 1 amide bonds. The number of rotatable bonds is 8. The molecule has 0 atom stereocenters. The summed E-state index contributed by atoms with van der Waals surface area (Å²) < 4.78 is 32.5. The van der Waals surface area contributed by atoms with E-state index in [0.29, 0.717) is 44.0 Å². The molecular formula is C26H27N3O4S. The Bertz CT molecular complexity index is 1220. The maximum Gasteiger partial charge on any atom is 0.236 e. The van der Waals surface area contributed by atoms with Gasteiger partial charge in [0, 0.05) is 42.4 Å². The van der Waals surface area contributed by atoms with Crippen LogP contribution in [0.3, 0.4) is 0 Å². The van der Waals surface area contributed by atoms with Crippen molar-refractivity contribution >= 4 is 27.7 Å². The van der Waals surface area contributed by atoms with E-state index in [-0.39, 0.29) is 11.8 Å². The number of pyridine rings is 1. The number of benzene rings is 2. The fourth-order valence-corrected chi connectivity index (χ4v) is 4.96. The highest BCUT2D eigenvalue weighted by molar-refractivity contribution is 7.92. The van der Waals surface area contributed by atoms with Crippen LogP contribution in [0.2, 0.25) is 0 Å². The monoisotopic (exact) mass is 477 g/mol. The molecule has 1 saturated heterocycles. The van der Waals surface area contributed by atoms with Gasteiger partial charge in [-0.3, -0.25) is 9.78 Å². The first kappa shape index (κ1) is 23.7. The van der Waals surface area contributed by atoms with E-state index in [1.165, 1.54) is 9.71 Å². The quantitative estimate of drug-likeness (QED) is 0.522. The molecule has 176 valence electrons. The molecule has 0 unspecified atom stereocenters. The van der Waals surface area contributed by atoms with Gasteiger partial charge in [0.25, 0.3) is 0 Å². The zero-order valence-corrected chi connectivity index (χ0v) is 19.5. The first-order valence-corrected chi connectivity index (χ1v) is 12.7. The molecule has 1 N–H and O–H groups in total. The minimum atomic E-state index is -3.52. The summed E-state index contributed by atoms with van der Waals surface area (Å²) >= 11 is 0. The van der Waals surface area contributed by atoms with Gasteiger partial charge in [0.1, 0.15) is 12.4 Å². The zero-order chi connectivity index (χ0) is 23.8. The number of amides is 1. The highest BCUT2D eigenvalue weighted by Gasteiger charge is 2.30. The van der Waals surface area contributed by atoms with Gasteiger partial charge in [-0.25, -0.2) is 8.42 Å². The Morgan fingerprint density at radius 3 is 2.53 bits per heavy atom. The minimum Gasteiger partial charge on any atom is -0.487 e. The molecule has 1 fully saturated rings. The van der Waals surface area contributed by atoms with Crippen LogP contribution < -0.4 is 10.1 Å². The maximum atomic E-state index is 12.8. The van der Waals surface area contributed by atoms with Gasteiger partial charge >= 0.3 is 0 Å². The zero-order valence-electron chi connectivity index (χ0n) is 18.7. The van der Waals surface area contributed by atoms with E-state index in [4.69, 9.17) is 4.74 Å². The number of hydrogen-bond donors (Lipinski definition) is 1. The van der Waals surface area contributed by atoms with Crippen molar-refractivity contribution in [1.82, 2.24) is 9.29 Å². The minimum absolute atomic E-state index is 0.112. The van der Waals surface area contributed by atoms with E-state index in [9.17, 15) is 13.2 Å². The van der Waals surface area contributed by atoms with Gasteiger partial charge in [0.05, 0.1) is 5.69 Å². The Balaban J connectivity index is 1.28. The highest BCUT2D eigenvalue weighted by Crippen LogP contribution is 2.24. The fraction of sp³-hybridized carbons (Fsp3) is 0.231. The second-order valence-electron chi connectivity index (χ2n) is 8.06. The van der Waals surface area contributed by atoms with Crippen molar-refractivity contribution in [2.45, 2.75) is 19.4 Å². The predicted octanol–water partition coefficient (Wildman–Crippen LogP) is 4.31. The van der Waals surface area contributed by atoms with E-state index in [0.717, 1.165) is 11.3 Å². The number of nitrogens with zero attached hydrogens (tertiary/aromatic N) is 2. The van der Waals surface area contributed by atoms with E-state index in [1.54, 1.807) is 24.4 Å². The van der Waals surface area contributed by atoms with Gasteiger partial charge in [-0.2, -0.15) is 4.31 Å². The highest BCUT2D eigenvalue weighted by atomic mass is 32.2. The number of hydrogen-bond acceptors (Lipinski definition) is 5. The molecule has 0 radical (unpaired) electrons. The number of aromatic nitrogens is 1. The lowest BCUT2D eigenvalue weighted by Crippen LogP contribution is -2.40. The topological polar surface area (TPSA) is 88.6 Å². The molecule has 2 heterocycles. The van der Waals surface area contributed by atoms with Crippen LogP contribution in [-0.2, 0) is 21.4 Å². The van der Waals surface area contributed by atoms with Crippen LogP contribution in [0.4, 0.5) is 5.69 Å². The Hall–Kier alpha value is -3.49. The van der Waals surface area contributed by atoms with Gasteiger partial charge < -0.3 is 10.1 Å². The van der Waals surface area contributed by atoms with Crippen molar-refractivity contribution in [1.29, 1.82) is 0 Å². The molecule has 34 heavy (non-hydrogen) atoms. The molecule has 8 heteroatoms. The Morgan fingerprint density at radius 1 is 1.03 bits per heavy atom. The summed E-state index contributed by atoms with van der Waals surface area (Å²) in [7, 11) is -3.52. The predicted molar refractivity (Wildman–Crippen MR) is 132 cm³/mol. The summed E-state index contributed by atoms with van der Waals surface area (Å²) in [4.78, 5) is 17.0. The summed E-state index contributed by atoms with van der Waals surface area (Å²) in [5.74, 6) is 0.274. The van der Waals surface area contributed by atoms with Gasteiger partial charge in [-0.15, -0.1) is 0 Å². The standard InChI is InChI=1S/C26H27N3O4S/c30-26(28-23-10-6-11-25(19-23)33-20-24-9-4-5-15-27-24)22-12-16-29(17-13-22)34(31,32)18-14-21-7-2-1-3-8-21/h1-11,14-15,18-19,22H,12-13,16-17,20H2,(H,28,30)/b18-14+. The number of carbonyl (C=O) groups excluding carboxylic acids is 1. The lowest BCUT2D eigenvalue weighted by molar-refractivity contribution is -0.120. The molecule has 0 aliphatic carbocycles. The molecule has 3 aromatic rings. The van der Waals surface area contributed by atoms with Gasteiger partial charge in [-0.05, 0) is 48.7 Å². The van der Waals surface area contributed by atoms with E-state index in [2.05, 4.69) is 10.3 Å². The van der Waals surface area contributed by atoms with Crippen LogP contribution >= 0.6 is 0 Å². The van der Waals surface area contributed by atoms with Crippen LogP contribution in [0.5, 0.6) is 5.75 Å². The molecule has 4 rings (SSSR count). The molecule has 0 spiro atoms. The van der Waals surface area contributed by atoms with Gasteiger partial charge in [0.15, 0.2) is 0 Å². The molecular weight excluding hydrogens is 450 g/mol. The van der Waals surface area contributed by atoms with Gasteiger partial charge in [0.2, 0.25) is 15.9 Å². The normalized spacial score (nSPS) is 15.3. The van der Waals surface area contributed by atoms with Crippen molar-refractivity contribution in [2.24, 2.45) is 5.92 Å². The lowest BCUT2D eigenvalue weighted by atomic mass is 9.97. The van der Waals surface area contributed by atoms with E-state index < -0.39 is 10.0 Å². The summed E-state index contributed by atoms with van der Waals surface area (Å²) in [5.41, 5.74) is 2.29. The summed E-state index contributed by atoms with van der Waals surface area (Å²) in [6, 6.07) is 22.2. The Labute approximate surface area is 200 Å². The second-order valence-corrected chi connectivity index (χ2v) is 9.88. The van der Waals surface area contributed by atoms with E-state index >= 15 is 0 Å². The average molecular weight is 478 g/mol. The number of sulfonamides is 1. The summed E-state index contributed by atoms with van der Waals surface area (Å²) in [6.45, 7) is 0.962. The molecule has 7 nitrogen and oxygen atoms in total. The summed E-state index contributed by atoms with van der Waals surface area (Å²) in [5, 5.41) is 4.17. The smallest absolute Gasteiger partial charge is 0.236 e. The largest absolute Gasteiger partial charge is 0.487 e.